The number of aliphatic hydroxyl groups is 1. The Balaban J connectivity index is 2.77. The molecular formula is C15H21BrN2O4. The monoisotopic (exact) mass is 372 g/mol. The van der Waals surface area contributed by atoms with E-state index in [4.69, 9.17) is 5.11 Å². The van der Waals surface area contributed by atoms with E-state index in [2.05, 4.69) is 26.6 Å². The Morgan fingerprint density at radius 3 is 2.14 bits per heavy atom. The van der Waals surface area contributed by atoms with Gasteiger partial charge in [0.15, 0.2) is 0 Å². The number of hydrogen-bond donors (Lipinski definition) is 4. The fourth-order valence-electron chi connectivity index (χ4n) is 1.85. The molecule has 0 aliphatic carbocycles. The van der Waals surface area contributed by atoms with Crippen molar-refractivity contribution >= 4 is 27.8 Å². The van der Waals surface area contributed by atoms with Crippen LogP contribution in [0.15, 0.2) is 28.7 Å². The number of carboxylic acid groups (broad SMARTS) is 1. The largest absolute Gasteiger partial charge is 0.480 e. The van der Waals surface area contributed by atoms with Gasteiger partial charge < -0.3 is 15.5 Å². The summed E-state index contributed by atoms with van der Waals surface area (Å²) in [7, 11) is 0. The minimum atomic E-state index is -1.11. The molecule has 0 spiro atoms. The van der Waals surface area contributed by atoms with Gasteiger partial charge in [0.05, 0.1) is 6.04 Å². The fourth-order valence-corrected chi connectivity index (χ4v) is 2.11. The molecule has 1 aromatic rings. The number of nitrogens with one attached hydrogen (secondary N) is 2. The van der Waals surface area contributed by atoms with Crippen LogP contribution in [0.1, 0.15) is 32.6 Å². The molecule has 22 heavy (non-hydrogen) atoms. The molecule has 0 saturated heterocycles. The van der Waals surface area contributed by atoms with E-state index in [0.717, 1.165) is 4.47 Å². The molecule has 0 aliphatic heterocycles. The lowest BCUT2D eigenvalue weighted by Gasteiger charge is -2.26. The lowest BCUT2D eigenvalue weighted by atomic mass is 10.0. The highest BCUT2D eigenvalue weighted by Crippen LogP contribution is 2.17. The van der Waals surface area contributed by atoms with E-state index in [0.29, 0.717) is 5.56 Å². The second kappa shape index (κ2) is 8.26. The summed E-state index contributed by atoms with van der Waals surface area (Å²) < 4.78 is 0.886. The zero-order chi connectivity index (χ0) is 16.9. The van der Waals surface area contributed by atoms with Crippen LogP contribution in [-0.4, -0.2) is 34.2 Å². The Labute approximate surface area is 138 Å². The Kier molecular flexibility index (Phi) is 6.99. The van der Waals surface area contributed by atoms with Crippen LogP contribution >= 0.6 is 15.9 Å². The van der Waals surface area contributed by atoms with Crippen LogP contribution in [0.3, 0.4) is 0 Å². The van der Waals surface area contributed by atoms with Crippen LogP contribution in [0.2, 0.25) is 0 Å². The lowest BCUT2D eigenvalue weighted by molar-refractivity contribution is -0.141. The number of carboxylic acids is 1. The normalized spacial score (nSPS) is 15.2. The van der Waals surface area contributed by atoms with Gasteiger partial charge in [-0.05, 0) is 30.5 Å². The van der Waals surface area contributed by atoms with Crippen LogP contribution in [0.25, 0.3) is 0 Å². The van der Waals surface area contributed by atoms with Crippen molar-refractivity contribution < 1.29 is 19.8 Å². The highest BCUT2D eigenvalue weighted by atomic mass is 79.9. The maximum Gasteiger partial charge on any atom is 0.325 e. The third-order valence-corrected chi connectivity index (χ3v) is 3.73. The average molecular weight is 373 g/mol. The molecule has 6 nitrogen and oxygen atoms in total. The third-order valence-electron chi connectivity index (χ3n) is 3.20. The minimum Gasteiger partial charge on any atom is -0.480 e. The molecule has 1 rings (SSSR count). The summed E-state index contributed by atoms with van der Waals surface area (Å²) >= 11 is 3.31. The van der Waals surface area contributed by atoms with Crippen molar-refractivity contribution in [2.24, 2.45) is 5.92 Å². The summed E-state index contributed by atoms with van der Waals surface area (Å²) in [6.07, 6.45) is -1.02. The van der Waals surface area contributed by atoms with Crippen molar-refractivity contribution in [2.75, 3.05) is 0 Å². The van der Waals surface area contributed by atoms with Crippen LogP contribution in [0, 0.1) is 5.92 Å². The molecule has 0 saturated carbocycles. The number of halogens is 1. The average Bonchev–Trinajstić information content (AvgIpc) is 2.44. The Morgan fingerprint density at radius 1 is 1.14 bits per heavy atom. The molecule has 4 N–H and O–H groups in total. The zero-order valence-electron chi connectivity index (χ0n) is 12.7. The number of hydrogen-bond acceptors (Lipinski definition) is 4. The van der Waals surface area contributed by atoms with E-state index in [1.54, 1.807) is 24.3 Å². The van der Waals surface area contributed by atoms with E-state index >= 15 is 0 Å². The number of aliphatic carboxylic acids is 1. The first-order valence-corrected chi connectivity index (χ1v) is 7.74. The van der Waals surface area contributed by atoms with E-state index in [1.165, 1.54) is 6.92 Å². The first-order valence-electron chi connectivity index (χ1n) is 6.95. The zero-order valence-corrected chi connectivity index (χ0v) is 14.3. The first kappa shape index (κ1) is 18.6. The molecule has 7 heteroatoms. The van der Waals surface area contributed by atoms with Crippen molar-refractivity contribution in [3.63, 3.8) is 0 Å². The predicted molar refractivity (Wildman–Crippen MR) is 86.1 cm³/mol. The molecule has 0 fully saturated rings. The summed E-state index contributed by atoms with van der Waals surface area (Å²) in [5.41, 5.74) is 0.618. The van der Waals surface area contributed by atoms with Crippen LogP contribution in [0.4, 0.5) is 0 Å². The third kappa shape index (κ3) is 5.40. The molecule has 0 aromatic heterocycles. The van der Waals surface area contributed by atoms with Crippen molar-refractivity contribution in [3.8, 4) is 0 Å². The van der Waals surface area contributed by atoms with Crippen molar-refractivity contribution in [1.82, 2.24) is 10.6 Å². The van der Waals surface area contributed by atoms with Gasteiger partial charge in [-0.1, -0.05) is 41.9 Å². The smallest absolute Gasteiger partial charge is 0.325 e. The number of amides is 1. The van der Waals surface area contributed by atoms with Gasteiger partial charge in [-0.25, -0.2) is 0 Å². The first-order chi connectivity index (χ1) is 10.2. The van der Waals surface area contributed by atoms with E-state index in [9.17, 15) is 14.7 Å². The topological polar surface area (TPSA) is 98.7 Å². The molecule has 0 radical (unpaired) electrons. The van der Waals surface area contributed by atoms with Gasteiger partial charge in [0.1, 0.15) is 12.3 Å². The molecular weight excluding hydrogens is 352 g/mol. The quantitative estimate of drug-likeness (QED) is 0.545. The van der Waals surface area contributed by atoms with E-state index < -0.39 is 30.2 Å². The van der Waals surface area contributed by atoms with Crippen molar-refractivity contribution in [3.05, 3.63) is 34.3 Å². The molecule has 0 aliphatic rings. The van der Waals surface area contributed by atoms with Gasteiger partial charge in [0.25, 0.3) is 0 Å². The number of benzene rings is 1. The van der Waals surface area contributed by atoms with Crippen LogP contribution in [0.5, 0.6) is 0 Å². The molecule has 1 unspecified atom stereocenters. The summed E-state index contributed by atoms with van der Waals surface area (Å²) in [6, 6.07) is 5.35. The molecule has 0 bridgehead atoms. The second-order valence-electron chi connectivity index (χ2n) is 5.41. The predicted octanol–water partition coefficient (Wildman–Crippen LogP) is 1.64. The summed E-state index contributed by atoms with van der Waals surface area (Å²) in [5.74, 6) is -1.68. The number of carbonyl (C=O) groups is 2. The molecule has 3 atom stereocenters. The van der Waals surface area contributed by atoms with Gasteiger partial charge in [-0.3, -0.25) is 14.9 Å². The molecule has 122 valence electrons. The highest BCUT2D eigenvalue weighted by Gasteiger charge is 2.27. The van der Waals surface area contributed by atoms with Gasteiger partial charge >= 0.3 is 5.97 Å². The molecule has 0 heterocycles. The van der Waals surface area contributed by atoms with Crippen LogP contribution < -0.4 is 10.6 Å². The summed E-state index contributed by atoms with van der Waals surface area (Å²) in [6.45, 7) is 5.02. The SMILES string of the molecule is CC(C)[C@H](NC(O)c1ccc(Br)cc1)C(=O)N[C@@H](C)C(=O)O. The van der Waals surface area contributed by atoms with Gasteiger partial charge in [0, 0.05) is 4.47 Å². The second-order valence-corrected chi connectivity index (χ2v) is 6.33. The number of carbonyl (C=O) groups excluding carboxylic acids is 1. The maximum atomic E-state index is 12.2. The van der Waals surface area contributed by atoms with Crippen LogP contribution in [-0.2, 0) is 9.59 Å². The number of aliphatic hydroxyl groups excluding tert-OH is 1. The number of rotatable bonds is 7. The van der Waals surface area contributed by atoms with Crippen molar-refractivity contribution in [1.29, 1.82) is 0 Å². The Hall–Kier alpha value is -1.44. The Bertz CT molecular complexity index is 519. The van der Waals surface area contributed by atoms with Gasteiger partial charge in [-0.2, -0.15) is 0 Å². The maximum absolute atomic E-state index is 12.2. The van der Waals surface area contributed by atoms with E-state index in [1.807, 2.05) is 13.8 Å². The fraction of sp³-hybridized carbons (Fsp3) is 0.467. The molecule has 1 aromatic carbocycles. The summed E-state index contributed by atoms with van der Waals surface area (Å²) in [4.78, 5) is 23.0. The molecule has 1 amide bonds. The standard InChI is InChI=1S/C15H21BrN2O4/c1-8(2)12(14(20)17-9(3)15(21)22)18-13(19)10-4-6-11(16)7-5-10/h4-9,12-13,18-19H,1-3H3,(H,17,20)(H,21,22)/t9-,12-,13?/m0/s1. The van der Waals surface area contributed by atoms with Gasteiger partial charge in [0.2, 0.25) is 5.91 Å². The lowest BCUT2D eigenvalue weighted by Crippen LogP contribution is -2.52. The summed E-state index contributed by atoms with van der Waals surface area (Å²) in [5, 5.41) is 24.3. The van der Waals surface area contributed by atoms with Crippen molar-refractivity contribution in [2.45, 2.75) is 39.1 Å². The minimum absolute atomic E-state index is 0.119. The highest BCUT2D eigenvalue weighted by molar-refractivity contribution is 9.10. The Morgan fingerprint density at radius 2 is 1.68 bits per heavy atom. The van der Waals surface area contributed by atoms with E-state index in [-0.39, 0.29) is 5.92 Å². The van der Waals surface area contributed by atoms with Gasteiger partial charge in [-0.15, -0.1) is 0 Å².